The highest BCUT2D eigenvalue weighted by Crippen LogP contribution is 2.28. The van der Waals surface area contributed by atoms with Crippen LogP contribution < -0.4 is 5.32 Å². The second-order valence-electron chi connectivity index (χ2n) is 5.05. The molecule has 3 rings (SSSR count). The molecule has 21 heavy (non-hydrogen) atoms. The van der Waals surface area contributed by atoms with E-state index in [4.69, 9.17) is 13.9 Å². The van der Waals surface area contributed by atoms with Crippen molar-refractivity contribution in [3.05, 3.63) is 41.3 Å². The summed E-state index contributed by atoms with van der Waals surface area (Å²) in [4.78, 5) is 0. The van der Waals surface area contributed by atoms with E-state index in [1.807, 2.05) is 12.1 Å². The minimum Gasteiger partial charge on any atom is -0.405 e. The molecule has 0 spiro atoms. The summed E-state index contributed by atoms with van der Waals surface area (Å²) in [6, 6.07) is 8.64. The van der Waals surface area contributed by atoms with Crippen molar-refractivity contribution in [2.75, 3.05) is 19.0 Å². The van der Waals surface area contributed by atoms with Crippen molar-refractivity contribution in [1.82, 2.24) is 10.2 Å². The third-order valence-electron chi connectivity index (χ3n) is 3.42. The zero-order valence-electron chi connectivity index (χ0n) is 12.0. The zero-order chi connectivity index (χ0) is 14.5. The topological polar surface area (TPSA) is 69.4 Å². The van der Waals surface area contributed by atoms with Crippen molar-refractivity contribution in [2.24, 2.45) is 0 Å². The lowest BCUT2D eigenvalue weighted by atomic mass is 10.1. The Morgan fingerprint density at radius 2 is 2.05 bits per heavy atom. The molecule has 6 heteroatoms. The van der Waals surface area contributed by atoms with Crippen molar-refractivity contribution in [2.45, 2.75) is 32.1 Å². The summed E-state index contributed by atoms with van der Waals surface area (Å²) in [5.41, 5.74) is 2.30. The fraction of sp³-hybridized carbons (Fsp3) is 0.467. The molecule has 0 amide bonds. The third-order valence-corrected chi connectivity index (χ3v) is 3.42. The molecule has 1 aromatic heterocycles. The molecular weight excluding hydrogens is 270 g/mol. The van der Waals surface area contributed by atoms with Gasteiger partial charge in [-0.1, -0.05) is 29.4 Å². The second kappa shape index (κ2) is 6.69. The van der Waals surface area contributed by atoms with Gasteiger partial charge in [0.15, 0.2) is 0 Å². The number of aromatic nitrogens is 2. The number of benzene rings is 1. The molecule has 0 bridgehead atoms. The van der Waals surface area contributed by atoms with Crippen LogP contribution in [0.3, 0.4) is 0 Å². The van der Waals surface area contributed by atoms with Gasteiger partial charge in [0.05, 0.1) is 6.61 Å². The minimum absolute atomic E-state index is 0.0404. The van der Waals surface area contributed by atoms with Gasteiger partial charge in [0.2, 0.25) is 5.89 Å². The Bertz CT molecular complexity index is 562. The molecule has 1 atom stereocenters. The van der Waals surface area contributed by atoms with E-state index in [1.165, 1.54) is 0 Å². The van der Waals surface area contributed by atoms with Crippen LogP contribution in [0, 0.1) is 0 Å². The van der Waals surface area contributed by atoms with E-state index in [0.29, 0.717) is 25.1 Å². The molecule has 1 aliphatic heterocycles. The van der Waals surface area contributed by atoms with Gasteiger partial charge in [-0.3, -0.25) is 0 Å². The number of anilines is 1. The van der Waals surface area contributed by atoms with Crippen LogP contribution >= 0.6 is 0 Å². The van der Waals surface area contributed by atoms with Gasteiger partial charge in [-0.15, -0.1) is 5.10 Å². The van der Waals surface area contributed by atoms with Crippen LogP contribution in [0.1, 0.15) is 36.0 Å². The predicted octanol–water partition coefficient (Wildman–Crippen LogP) is 2.68. The van der Waals surface area contributed by atoms with Crippen LogP contribution in [0.4, 0.5) is 6.01 Å². The van der Waals surface area contributed by atoms with Crippen LogP contribution in [0.5, 0.6) is 0 Å². The van der Waals surface area contributed by atoms with E-state index in [1.54, 1.807) is 7.11 Å². The van der Waals surface area contributed by atoms with Gasteiger partial charge < -0.3 is 19.2 Å². The van der Waals surface area contributed by atoms with Gasteiger partial charge >= 0.3 is 6.01 Å². The van der Waals surface area contributed by atoms with Crippen LogP contribution in [0.15, 0.2) is 28.7 Å². The Labute approximate surface area is 123 Å². The van der Waals surface area contributed by atoms with Gasteiger partial charge in [0.1, 0.15) is 6.10 Å². The maximum absolute atomic E-state index is 5.57. The maximum Gasteiger partial charge on any atom is 0.315 e. The molecule has 2 aromatic rings. The lowest BCUT2D eigenvalue weighted by Gasteiger charge is -2.04. The largest absolute Gasteiger partial charge is 0.405 e. The second-order valence-corrected chi connectivity index (χ2v) is 5.05. The number of nitrogens with zero attached hydrogens (tertiary/aromatic N) is 2. The van der Waals surface area contributed by atoms with Crippen molar-refractivity contribution >= 4 is 6.01 Å². The predicted molar refractivity (Wildman–Crippen MR) is 76.7 cm³/mol. The molecule has 2 heterocycles. The van der Waals surface area contributed by atoms with Crippen LogP contribution in [0.25, 0.3) is 0 Å². The number of hydrogen-bond acceptors (Lipinski definition) is 6. The number of hydrogen-bond donors (Lipinski definition) is 1. The molecule has 0 radical (unpaired) electrons. The van der Waals surface area contributed by atoms with E-state index < -0.39 is 0 Å². The first-order chi connectivity index (χ1) is 10.3. The first kappa shape index (κ1) is 14.0. The lowest BCUT2D eigenvalue weighted by Crippen LogP contribution is -2.00. The van der Waals surface area contributed by atoms with Crippen molar-refractivity contribution in [1.29, 1.82) is 0 Å². The van der Waals surface area contributed by atoms with Gasteiger partial charge in [0.25, 0.3) is 0 Å². The molecular formula is C15H19N3O3. The maximum atomic E-state index is 5.57. The summed E-state index contributed by atoms with van der Waals surface area (Å²) in [6.07, 6.45) is 1.95. The van der Waals surface area contributed by atoms with Crippen molar-refractivity contribution in [3.8, 4) is 0 Å². The molecule has 1 fully saturated rings. The van der Waals surface area contributed by atoms with E-state index in [0.717, 1.165) is 30.6 Å². The Morgan fingerprint density at radius 3 is 2.76 bits per heavy atom. The molecule has 112 valence electrons. The highest BCUT2D eigenvalue weighted by Gasteiger charge is 2.23. The number of methoxy groups -OCH3 is 1. The minimum atomic E-state index is -0.0404. The van der Waals surface area contributed by atoms with E-state index in [-0.39, 0.29) is 6.10 Å². The number of nitrogens with one attached hydrogen (secondary N) is 1. The monoisotopic (exact) mass is 289 g/mol. The Hall–Kier alpha value is -1.92. The van der Waals surface area contributed by atoms with Crippen LogP contribution in [-0.4, -0.2) is 23.9 Å². The molecule has 0 unspecified atom stereocenters. The fourth-order valence-corrected chi connectivity index (χ4v) is 2.31. The summed E-state index contributed by atoms with van der Waals surface area (Å²) < 4.78 is 16.2. The molecule has 0 aliphatic carbocycles. The zero-order valence-corrected chi connectivity index (χ0v) is 12.0. The number of rotatable bonds is 6. The third kappa shape index (κ3) is 3.59. The van der Waals surface area contributed by atoms with E-state index >= 15 is 0 Å². The molecule has 1 aromatic carbocycles. The highest BCUT2D eigenvalue weighted by atomic mass is 16.5. The lowest BCUT2D eigenvalue weighted by molar-refractivity contribution is 0.0897. The summed E-state index contributed by atoms with van der Waals surface area (Å²) >= 11 is 0. The Balaban J connectivity index is 1.54. The standard InChI is InChI=1S/C15H19N3O3/c1-19-10-12-6-4-11(5-7-12)9-16-15-18-17-14(21-15)13-3-2-8-20-13/h4-7,13H,2-3,8-10H2,1H3,(H,16,18)/t13-/m1/s1. The SMILES string of the molecule is COCc1ccc(CNc2nnc([C@H]3CCCO3)o2)cc1. The quantitative estimate of drug-likeness (QED) is 0.881. The first-order valence-corrected chi connectivity index (χ1v) is 7.11. The highest BCUT2D eigenvalue weighted by molar-refractivity contribution is 5.26. The van der Waals surface area contributed by atoms with E-state index in [9.17, 15) is 0 Å². The number of ether oxygens (including phenoxy) is 2. The first-order valence-electron chi connectivity index (χ1n) is 7.11. The van der Waals surface area contributed by atoms with Crippen molar-refractivity contribution < 1.29 is 13.9 Å². The summed E-state index contributed by atoms with van der Waals surface area (Å²) in [5.74, 6) is 0.561. The van der Waals surface area contributed by atoms with Crippen LogP contribution in [0.2, 0.25) is 0 Å². The van der Waals surface area contributed by atoms with E-state index in [2.05, 4.69) is 27.6 Å². The smallest absolute Gasteiger partial charge is 0.315 e. The fourth-order valence-electron chi connectivity index (χ4n) is 2.31. The molecule has 1 N–H and O–H groups in total. The summed E-state index contributed by atoms with van der Waals surface area (Å²) in [6.45, 7) is 2.03. The molecule has 1 saturated heterocycles. The normalized spacial score (nSPS) is 18.0. The average Bonchev–Trinajstić information content (AvgIpc) is 3.18. The van der Waals surface area contributed by atoms with Crippen molar-refractivity contribution in [3.63, 3.8) is 0 Å². The van der Waals surface area contributed by atoms with Gasteiger partial charge in [0, 0.05) is 20.3 Å². The summed E-state index contributed by atoms with van der Waals surface area (Å²) in [7, 11) is 1.69. The average molecular weight is 289 g/mol. The van der Waals surface area contributed by atoms with Gasteiger partial charge in [-0.25, -0.2) is 0 Å². The van der Waals surface area contributed by atoms with Gasteiger partial charge in [-0.2, -0.15) is 0 Å². The summed E-state index contributed by atoms with van der Waals surface area (Å²) in [5, 5.41) is 11.2. The van der Waals surface area contributed by atoms with Gasteiger partial charge in [-0.05, 0) is 24.0 Å². The Kier molecular flexibility index (Phi) is 4.47. The molecule has 0 saturated carbocycles. The Morgan fingerprint density at radius 1 is 1.24 bits per heavy atom. The molecule has 1 aliphatic rings. The molecule has 6 nitrogen and oxygen atoms in total. The van der Waals surface area contributed by atoms with Crippen LogP contribution in [-0.2, 0) is 22.6 Å².